The Labute approximate surface area is 103 Å². The molecule has 0 bridgehead atoms. The van der Waals surface area contributed by atoms with Crippen molar-refractivity contribution in [1.82, 2.24) is 15.1 Å². The Hall–Kier alpha value is -0.650. The first-order chi connectivity index (χ1) is 8.09. The molecular weight excluding hydrogens is 218 g/mol. The van der Waals surface area contributed by atoms with E-state index in [9.17, 15) is 4.79 Å². The van der Waals surface area contributed by atoms with E-state index in [4.69, 9.17) is 4.74 Å². The summed E-state index contributed by atoms with van der Waals surface area (Å²) in [6.07, 6.45) is -0.281. The summed E-state index contributed by atoms with van der Waals surface area (Å²) >= 11 is 0. The summed E-state index contributed by atoms with van der Waals surface area (Å²) < 4.78 is 5.52. The molecule has 0 radical (unpaired) electrons. The van der Waals surface area contributed by atoms with Crippen LogP contribution in [0.4, 0.5) is 0 Å². The lowest BCUT2D eigenvalue weighted by Gasteiger charge is -2.27. The average molecular weight is 241 g/mol. The summed E-state index contributed by atoms with van der Waals surface area (Å²) in [4.78, 5) is 16.4. The number of morpholine rings is 1. The molecule has 0 saturated carbocycles. The van der Waals surface area contributed by atoms with Gasteiger partial charge in [0.1, 0.15) is 6.10 Å². The van der Waals surface area contributed by atoms with Gasteiger partial charge in [-0.25, -0.2) is 0 Å². The fourth-order valence-electron chi connectivity index (χ4n) is 2.73. The zero-order valence-electron chi connectivity index (χ0n) is 11.0. The first-order valence-electron chi connectivity index (χ1n) is 6.37. The van der Waals surface area contributed by atoms with Crippen LogP contribution >= 0.6 is 0 Å². The molecule has 5 nitrogen and oxygen atoms in total. The van der Waals surface area contributed by atoms with Gasteiger partial charge in [0.25, 0.3) is 5.91 Å². The van der Waals surface area contributed by atoms with E-state index in [0.29, 0.717) is 25.1 Å². The number of ether oxygens (including phenoxy) is 1. The highest BCUT2D eigenvalue weighted by molar-refractivity contribution is 5.81. The topological polar surface area (TPSA) is 44.8 Å². The standard InChI is InChI=1S/C12H23N3O2/c1-9-7-15(8-10(9)14(2)3)12(16)11-6-13-4-5-17-11/h9-11,13H,4-8H2,1-3H3. The molecule has 2 fully saturated rings. The summed E-state index contributed by atoms with van der Waals surface area (Å²) in [5, 5.41) is 3.20. The fraction of sp³-hybridized carbons (Fsp3) is 0.917. The van der Waals surface area contributed by atoms with Gasteiger partial charge in [0, 0.05) is 32.2 Å². The second kappa shape index (κ2) is 5.33. The predicted octanol–water partition coefficient (Wildman–Crippen LogP) is -0.617. The van der Waals surface area contributed by atoms with Gasteiger partial charge in [-0.1, -0.05) is 6.92 Å². The number of likely N-dealkylation sites (N-methyl/N-ethyl adjacent to an activating group) is 1. The van der Waals surface area contributed by atoms with Crippen LogP contribution in [0.15, 0.2) is 0 Å². The van der Waals surface area contributed by atoms with E-state index < -0.39 is 0 Å². The lowest BCUT2D eigenvalue weighted by Crippen LogP contribution is -2.49. The smallest absolute Gasteiger partial charge is 0.253 e. The maximum absolute atomic E-state index is 12.3. The molecule has 2 saturated heterocycles. The van der Waals surface area contributed by atoms with Crippen LogP contribution in [0.1, 0.15) is 6.92 Å². The highest BCUT2D eigenvalue weighted by Gasteiger charge is 2.36. The van der Waals surface area contributed by atoms with Crippen molar-refractivity contribution in [2.75, 3.05) is 46.9 Å². The molecule has 17 heavy (non-hydrogen) atoms. The van der Waals surface area contributed by atoms with E-state index in [1.807, 2.05) is 4.90 Å². The van der Waals surface area contributed by atoms with Crippen molar-refractivity contribution in [1.29, 1.82) is 0 Å². The van der Waals surface area contributed by atoms with E-state index in [1.165, 1.54) is 0 Å². The van der Waals surface area contributed by atoms with Crippen molar-refractivity contribution in [3.05, 3.63) is 0 Å². The molecular formula is C12H23N3O2. The Morgan fingerprint density at radius 1 is 1.41 bits per heavy atom. The molecule has 1 amide bonds. The van der Waals surface area contributed by atoms with Crippen LogP contribution < -0.4 is 5.32 Å². The normalized spacial score (nSPS) is 34.4. The molecule has 1 N–H and O–H groups in total. The third-order valence-electron chi connectivity index (χ3n) is 3.75. The van der Waals surface area contributed by atoms with Crippen molar-refractivity contribution in [2.45, 2.75) is 19.1 Å². The van der Waals surface area contributed by atoms with Gasteiger partial charge in [-0.2, -0.15) is 0 Å². The molecule has 0 aliphatic carbocycles. The molecule has 0 aromatic carbocycles. The second-order valence-electron chi connectivity index (χ2n) is 5.32. The number of amides is 1. The molecule has 0 aromatic rings. The molecule has 2 rings (SSSR count). The van der Waals surface area contributed by atoms with Crippen LogP contribution in [0.3, 0.4) is 0 Å². The van der Waals surface area contributed by atoms with Gasteiger partial charge in [0.05, 0.1) is 6.61 Å². The van der Waals surface area contributed by atoms with Crippen LogP contribution in [-0.4, -0.2) is 74.7 Å². The molecule has 3 atom stereocenters. The summed E-state index contributed by atoms with van der Waals surface area (Å²) in [5.41, 5.74) is 0. The number of hydrogen-bond acceptors (Lipinski definition) is 4. The SMILES string of the molecule is CC1CN(C(=O)C2CNCCO2)CC1N(C)C. The Kier molecular flexibility index (Phi) is 4.01. The highest BCUT2D eigenvalue weighted by Crippen LogP contribution is 2.21. The van der Waals surface area contributed by atoms with Crippen LogP contribution in [0.5, 0.6) is 0 Å². The zero-order chi connectivity index (χ0) is 12.4. The lowest BCUT2D eigenvalue weighted by atomic mass is 10.1. The Morgan fingerprint density at radius 3 is 2.71 bits per heavy atom. The Balaban J connectivity index is 1.92. The van der Waals surface area contributed by atoms with Crippen molar-refractivity contribution in [2.24, 2.45) is 5.92 Å². The summed E-state index contributed by atoms with van der Waals surface area (Å²) in [6, 6.07) is 0.468. The van der Waals surface area contributed by atoms with Gasteiger partial charge in [-0.3, -0.25) is 4.79 Å². The minimum Gasteiger partial charge on any atom is -0.366 e. The monoisotopic (exact) mass is 241 g/mol. The van der Waals surface area contributed by atoms with E-state index in [-0.39, 0.29) is 12.0 Å². The predicted molar refractivity (Wildman–Crippen MR) is 65.8 cm³/mol. The number of nitrogens with one attached hydrogen (secondary N) is 1. The molecule has 98 valence electrons. The van der Waals surface area contributed by atoms with Crippen LogP contribution in [0, 0.1) is 5.92 Å². The molecule has 5 heteroatoms. The van der Waals surface area contributed by atoms with E-state index in [0.717, 1.165) is 19.6 Å². The molecule has 2 heterocycles. The number of rotatable bonds is 2. The second-order valence-corrected chi connectivity index (χ2v) is 5.32. The largest absolute Gasteiger partial charge is 0.366 e. The maximum Gasteiger partial charge on any atom is 0.253 e. The molecule has 2 aliphatic rings. The van der Waals surface area contributed by atoms with Gasteiger partial charge in [-0.05, 0) is 20.0 Å². The third-order valence-corrected chi connectivity index (χ3v) is 3.75. The van der Waals surface area contributed by atoms with Gasteiger partial charge in [0.15, 0.2) is 0 Å². The average Bonchev–Trinajstić information content (AvgIpc) is 2.71. The van der Waals surface area contributed by atoms with Gasteiger partial charge in [0.2, 0.25) is 0 Å². The van der Waals surface area contributed by atoms with Crippen molar-refractivity contribution in [3.8, 4) is 0 Å². The van der Waals surface area contributed by atoms with Gasteiger partial charge >= 0.3 is 0 Å². The van der Waals surface area contributed by atoms with Gasteiger partial charge < -0.3 is 19.9 Å². The quantitative estimate of drug-likeness (QED) is 0.700. The maximum atomic E-state index is 12.3. The number of hydrogen-bond donors (Lipinski definition) is 1. The number of likely N-dealkylation sites (tertiary alicyclic amines) is 1. The Bertz CT molecular complexity index is 277. The van der Waals surface area contributed by atoms with Crippen molar-refractivity contribution < 1.29 is 9.53 Å². The number of nitrogens with zero attached hydrogens (tertiary/aromatic N) is 2. The van der Waals surface area contributed by atoms with Crippen LogP contribution in [0.2, 0.25) is 0 Å². The minimum absolute atomic E-state index is 0.147. The van der Waals surface area contributed by atoms with Crippen LogP contribution in [0.25, 0.3) is 0 Å². The summed E-state index contributed by atoms with van der Waals surface area (Å²) in [5.74, 6) is 0.680. The lowest BCUT2D eigenvalue weighted by molar-refractivity contribution is -0.144. The molecule has 0 aromatic heterocycles. The highest BCUT2D eigenvalue weighted by atomic mass is 16.5. The molecule has 2 aliphatic heterocycles. The summed E-state index contributed by atoms with van der Waals surface area (Å²) in [7, 11) is 4.15. The van der Waals surface area contributed by atoms with E-state index >= 15 is 0 Å². The summed E-state index contributed by atoms with van der Waals surface area (Å²) in [6.45, 7) is 6.01. The molecule has 0 spiro atoms. The molecule has 3 unspecified atom stereocenters. The first-order valence-corrected chi connectivity index (χ1v) is 6.37. The Morgan fingerprint density at radius 2 is 2.18 bits per heavy atom. The first kappa shape index (κ1) is 12.8. The fourth-order valence-corrected chi connectivity index (χ4v) is 2.73. The third kappa shape index (κ3) is 2.78. The van der Waals surface area contributed by atoms with Crippen molar-refractivity contribution >= 4 is 5.91 Å². The number of carbonyl (C=O) groups excluding carboxylic acids is 1. The zero-order valence-corrected chi connectivity index (χ0v) is 11.0. The van der Waals surface area contributed by atoms with Crippen molar-refractivity contribution in [3.63, 3.8) is 0 Å². The van der Waals surface area contributed by atoms with Gasteiger partial charge in [-0.15, -0.1) is 0 Å². The van der Waals surface area contributed by atoms with Crippen LogP contribution in [-0.2, 0) is 9.53 Å². The number of carbonyl (C=O) groups is 1. The van der Waals surface area contributed by atoms with E-state index in [1.54, 1.807) is 0 Å². The van der Waals surface area contributed by atoms with E-state index in [2.05, 4.69) is 31.2 Å². The minimum atomic E-state index is -0.281.